The van der Waals surface area contributed by atoms with Crippen molar-refractivity contribution in [2.45, 2.75) is 18.6 Å². The Hall–Kier alpha value is -2.39. The number of thioether (sulfide) groups is 1. The molecule has 0 bridgehead atoms. The van der Waals surface area contributed by atoms with Crippen LogP contribution in [0.4, 0.5) is 5.13 Å². The van der Waals surface area contributed by atoms with Gasteiger partial charge in [0.05, 0.1) is 34.2 Å². The van der Waals surface area contributed by atoms with Gasteiger partial charge in [-0.25, -0.2) is 9.97 Å². The molecule has 0 radical (unpaired) electrons. The predicted molar refractivity (Wildman–Crippen MR) is 101 cm³/mol. The molecule has 7 nitrogen and oxygen atoms in total. The van der Waals surface area contributed by atoms with E-state index in [1.54, 1.807) is 5.38 Å². The van der Waals surface area contributed by atoms with Crippen molar-refractivity contribution in [3.8, 4) is 0 Å². The molecule has 0 aliphatic rings. The van der Waals surface area contributed by atoms with Crippen LogP contribution in [0.15, 0.2) is 29.6 Å². The van der Waals surface area contributed by atoms with Crippen LogP contribution in [-0.2, 0) is 16.0 Å². The molecule has 4 N–H and O–H groups in total. The van der Waals surface area contributed by atoms with E-state index in [0.717, 1.165) is 16.9 Å². The molecule has 1 aromatic carbocycles. The summed E-state index contributed by atoms with van der Waals surface area (Å²) in [6, 6.07) is 7.82. The number of nitrogens with two attached hydrogens (primary N) is 1. The summed E-state index contributed by atoms with van der Waals surface area (Å²) in [7, 11) is 0. The number of amides is 2. The highest BCUT2D eigenvalue weighted by atomic mass is 32.2. The van der Waals surface area contributed by atoms with Crippen LogP contribution in [0.2, 0.25) is 0 Å². The molecule has 130 valence electrons. The topological polar surface area (TPSA) is 114 Å². The van der Waals surface area contributed by atoms with Crippen LogP contribution in [0.25, 0.3) is 11.0 Å². The number of imidazole rings is 1. The van der Waals surface area contributed by atoms with Crippen LogP contribution in [0.5, 0.6) is 0 Å². The van der Waals surface area contributed by atoms with E-state index in [1.165, 1.54) is 23.1 Å². The quantitative estimate of drug-likeness (QED) is 0.587. The third-order valence-electron chi connectivity index (χ3n) is 3.41. The number of anilines is 1. The van der Waals surface area contributed by atoms with E-state index >= 15 is 0 Å². The van der Waals surface area contributed by atoms with Gasteiger partial charge in [0.2, 0.25) is 11.8 Å². The number of primary amides is 1. The number of nitrogens with one attached hydrogen (secondary N) is 2. The van der Waals surface area contributed by atoms with Gasteiger partial charge in [-0.05, 0) is 19.1 Å². The van der Waals surface area contributed by atoms with E-state index in [1.807, 2.05) is 31.2 Å². The van der Waals surface area contributed by atoms with Gasteiger partial charge in [-0.1, -0.05) is 12.1 Å². The summed E-state index contributed by atoms with van der Waals surface area (Å²) in [6.07, 6.45) is 0.0736. The van der Waals surface area contributed by atoms with Gasteiger partial charge in [0, 0.05) is 5.38 Å². The van der Waals surface area contributed by atoms with Gasteiger partial charge in [0.15, 0.2) is 5.13 Å². The van der Waals surface area contributed by atoms with Crippen molar-refractivity contribution in [3.63, 3.8) is 0 Å². The molecule has 0 unspecified atom stereocenters. The Morgan fingerprint density at radius 1 is 1.36 bits per heavy atom. The summed E-state index contributed by atoms with van der Waals surface area (Å²) in [5.74, 6) is 0.534. The second-order valence-electron chi connectivity index (χ2n) is 5.43. The summed E-state index contributed by atoms with van der Waals surface area (Å²) in [4.78, 5) is 34.9. The molecule has 3 aromatic rings. The molecule has 0 aliphatic carbocycles. The Balaban J connectivity index is 1.52. The summed E-state index contributed by atoms with van der Waals surface area (Å²) in [5, 5.41) is 4.97. The Bertz CT molecular complexity index is 872. The highest BCUT2D eigenvalue weighted by Gasteiger charge is 2.14. The van der Waals surface area contributed by atoms with Crippen molar-refractivity contribution in [2.75, 3.05) is 11.1 Å². The zero-order valence-corrected chi connectivity index (χ0v) is 15.1. The lowest BCUT2D eigenvalue weighted by Crippen LogP contribution is -2.16. The van der Waals surface area contributed by atoms with E-state index in [-0.39, 0.29) is 23.3 Å². The van der Waals surface area contributed by atoms with Crippen molar-refractivity contribution in [2.24, 2.45) is 5.73 Å². The van der Waals surface area contributed by atoms with E-state index in [0.29, 0.717) is 10.8 Å². The molecular formula is C16H17N5O2S2. The number of aromatic amines is 1. The number of fused-ring (bicyclic) bond motifs is 1. The first-order chi connectivity index (χ1) is 12.0. The van der Waals surface area contributed by atoms with Crippen LogP contribution < -0.4 is 11.1 Å². The third kappa shape index (κ3) is 4.58. The lowest BCUT2D eigenvalue weighted by Gasteiger charge is -2.07. The maximum absolute atomic E-state index is 12.1. The molecule has 0 spiro atoms. The van der Waals surface area contributed by atoms with Crippen molar-refractivity contribution in [1.82, 2.24) is 15.0 Å². The van der Waals surface area contributed by atoms with Crippen molar-refractivity contribution in [1.29, 1.82) is 0 Å². The fourth-order valence-corrected chi connectivity index (χ4v) is 3.69. The fourth-order valence-electron chi connectivity index (χ4n) is 2.22. The van der Waals surface area contributed by atoms with Gasteiger partial charge in [-0.15, -0.1) is 23.1 Å². The Morgan fingerprint density at radius 2 is 2.16 bits per heavy atom. The van der Waals surface area contributed by atoms with Crippen molar-refractivity contribution < 1.29 is 9.59 Å². The minimum Gasteiger partial charge on any atom is -0.369 e. The maximum atomic E-state index is 12.1. The standard InChI is InChI=1S/C16H17N5O2S2/c1-9(15-19-11-4-2-3-5-12(11)20-15)24-8-14(23)21-16-18-10(7-25-16)6-13(17)22/h2-5,7,9H,6,8H2,1H3,(H2,17,22)(H,19,20)(H,18,21,23)/t9-/m0/s1. The second-order valence-corrected chi connectivity index (χ2v) is 7.61. The van der Waals surface area contributed by atoms with Crippen LogP contribution in [-0.4, -0.2) is 32.5 Å². The number of hydrogen-bond donors (Lipinski definition) is 3. The lowest BCUT2D eigenvalue weighted by molar-refractivity contribution is -0.117. The molecule has 9 heteroatoms. The fraction of sp³-hybridized carbons (Fsp3) is 0.250. The van der Waals surface area contributed by atoms with E-state index in [9.17, 15) is 9.59 Å². The highest BCUT2D eigenvalue weighted by Crippen LogP contribution is 2.28. The Kier molecular flexibility index (Phi) is 5.34. The number of carbonyl (C=O) groups is 2. The minimum absolute atomic E-state index is 0.0554. The number of rotatable bonds is 7. The van der Waals surface area contributed by atoms with Gasteiger partial charge in [-0.3, -0.25) is 9.59 Å². The number of H-pyrrole nitrogens is 1. The third-order valence-corrected chi connectivity index (χ3v) is 5.37. The van der Waals surface area contributed by atoms with Crippen LogP contribution in [0.1, 0.15) is 23.7 Å². The SMILES string of the molecule is C[C@H](SCC(=O)Nc1nc(CC(N)=O)cs1)c1nc2ccccc2[nH]1. The molecular weight excluding hydrogens is 358 g/mol. The molecule has 2 heterocycles. The van der Waals surface area contributed by atoms with Crippen LogP contribution in [0.3, 0.4) is 0 Å². The number of aromatic nitrogens is 3. The summed E-state index contributed by atoms with van der Waals surface area (Å²) < 4.78 is 0. The van der Waals surface area contributed by atoms with Crippen LogP contribution in [0, 0.1) is 0 Å². The summed E-state index contributed by atoms with van der Waals surface area (Å²) >= 11 is 2.76. The van der Waals surface area contributed by atoms with Gasteiger partial charge >= 0.3 is 0 Å². The molecule has 2 amide bonds. The largest absolute Gasteiger partial charge is 0.369 e. The number of thiazole rings is 1. The van der Waals surface area contributed by atoms with Gasteiger partial charge in [0.1, 0.15) is 5.82 Å². The van der Waals surface area contributed by atoms with Crippen LogP contribution >= 0.6 is 23.1 Å². The van der Waals surface area contributed by atoms with Gasteiger partial charge in [0.25, 0.3) is 0 Å². The highest BCUT2D eigenvalue weighted by molar-refractivity contribution is 8.00. The first kappa shape index (κ1) is 17.4. The first-order valence-electron chi connectivity index (χ1n) is 7.60. The monoisotopic (exact) mass is 375 g/mol. The molecule has 0 saturated carbocycles. The summed E-state index contributed by atoms with van der Waals surface area (Å²) in [5.41, 5.74) is 7.59. The maximum Gasteiger partial charge on any atom is 0.236 e. The van der Waals surface area contributed by atoms with E-state index in [2.05, 4.69) is 20.3 Å². The number of para-hydroxylation sites is 2. The first-order valence-corrected chi connectivity index (χ1v) is 9.53. The molecule has 0 saturated heterocycles. The van der Waals surface area contributed by atoms with E-state index in [4.69, 9.17) is 5.73 Å². The lowest BCUT2D eigenvalue weighted by atomic mass is 10.3. The van der Waals surface area contributed by atoms with Gasteiger partial charge < -0.3 is 16.0 Å². The zero-order chi connectivity index (χ0) is 17.8. The van der Waals surface area contributed by atoms with Gasteiger partial charge in [-0.2, -0.15) is 0 Å². The average Bonchev–Trinajstić information content (AvgIpc) is 3.18. The molecule has 1 atom stereocenters. The summed E-state index contributed by atoms with van der Waals surface area (Å²) in [6.45, 7) is 2.00. The number of benzene rings is 1. The smallest absolute Gasteiger partial charge is 0.236 e. The van der Waals surface area contributed by atoms with Crippen molar-refractivity contribution >= 4 is 51.1 Å². The van der Waals surface area contributed by atoms with Crippen molar-refractivity contribution in [3.05, 3.63) is 41.2 Å². The number of carbonyl (C=O) groups excluding carboxylic acids is 2. The minimum atomic E-state index is -0.446. The molecule has 25 heavy (non-hydrogen) atoms. The second kappa shape index (κ2) is 7.66. The molecule has 0 fully saturated rings. The Morgan fingerprint density at radius 3 is 2.92 bits per heavy atom. The zero-order valence-electron chi connectivity index (χ0n) is 13.5. The Labute approximate surface area is 152 Å². The number of hydrogen-bond acceptors (Lipinski definition) is 6. The predicted octanol–water partition coefficient (Wildman–Crippen LogP) is 2.48. The average molecular weight is 375 g/mol. The normalized spacial score (nSPS) is 12.2. The molecule has 2 aromatic heterocycles. The molecule has 3 rings (SSSR count). The van der Waals surface area contributed by atoms with E-state index < -0.39 is 5.91 Å². The number of nitrogens with zero attached hydrogens (tertiary/aromatic N) is 2. The molecule has 0 aliphatic heterocycles.